The number of carbonyl (C=O) groups is 1. The highest BCUT2D eigenvalue weighted by molar-refractivity contribution is 6.32. The van der Waals surface area contributed by atoms with E-state index in [4.69, 9.17) is 16.3 Å². The number of likely N-dealkylation sites (tertiary alicyclic amines) is 1. The third kappa shape index (κ3) is 4.47. The lowest BCUT2D eigenvalue weighted by molar-refractivity contribution is 0.0288. The molecule has 0 aliphatic carbocycles. The molecule has 1 saturated heterocycles. The van der Waals surface area contributed by atoms with E-state index < -0.39 is 5.60 Å². The molecule has 122 valence electrons. The number of amides is 1. The smallest absolute Gasteiger partial charge is 0.410 e. The summed E-state index contributed by atoms with van der Waals surface area (Å²) in [6.07, 6.45) is 3.02. The Balaban J connectivity index is 1.92. The summed E-state index contributed by atoms with van der Waals surface area (Å²) in [5.74, 6) is 1.72. The monoisotopic (exact) mass is 326 g/mol. The second kappa shape index (κ2) is 6.69. The predicted molar refractivity (Wildman–Crippen MR) is 86.2 cm³/mol. The highest BCUT2D eigenvalue weighted by Gasteiger charge is 2.30. The van der Waals surface area contributed by atoms with E-state index in [1.165, 1.54) is 0 Å². The summed E-state index contributed by atoms with van der Waals surface area (Å²) < 4.78 is 5.40. The molecule has 0 spiro atoms. The molecule has 22 heavy (non-hydrogen) atoms. The number of anilines is 1. The zero-order valence-corrected chi connectivity index (χ0v) is 14.3. The first-order valence-corrected chi connectivity index (χ1v) is 7.83. The predicted octanol–water partition coefficient (Wildman–Crippen LogP) is 2.97. The second-order valence-electron chi connectivity index (χ2n) is 6.52. The van der Waals surface area contributed by atoms with Crippen molar-refractivity contribution in [2.24, 2.45) is 5.92 Å². The summed E-state index contributed by atoms with van der Waals surface area (Å²) in [6, 6.07) is 0. The van der Waals surface area contributed by atoms with Crippen LogP contribution in [0.25, 0.3) is 0 Å². The lowest BCUT2D eigenvalue weighted by atomic mass is 10.0. The highest BCUT2D eigenvalue weighted by atomic mass is 35.5. The molecular weight excluding hydrogens is 304 g/mol. The van der Waals surface area contributed by atoms with Gasteiger partial charge in [0.15, 0.2) is 0 Å². The molecule has 1 atom stereocenters. The van der Waals surface area contributed by atoms with E-state index >= 15 is 0 Å². The highest BCUT2D eigenvalue weighted by Crippen LogP contribution is 2.23. The zero-order valence-electron chi connectivity index (χ0n) is 13.5. The number of halogens is 1. The van der Waals surface area contributed by atoms with Gasteiger partial charge in [-0.15, -0.1) is 0 Å². The van der Waals surface area contributed by atoms with Crippen molar-refractivity contribution in [3.63, 3.8) is 0 Å². The molecule has 7 heteroatoms. The van der Waals surface area contributed by atoms with Crippen LogP contribution in [0.2, 0.25) is 5.02 Å². The van der Waals surface area contributed by atoms with Gasteiger partial charge in [-0.2, -0.15) is 0 Å². The maximum Gasteiger partial charge on any atom is 0.410 e. The molecule has 0 bridgehead atoms. The number of aromatic nitrogens is 2. The molecule has 1 fully saturated rings. The average Bonchev–Trinajstić information content (AvgIpc) is 2.87. The maximum absolute atomic E-state index is 12.0. The van der Waals surface area contributed by atoms with Crippen LogP contribution in [0.4, 0.5) is 10.6 Å². The molecule has 1 aromatic heterocycles. The van der Waals surface area contributed by atoms with Gasteiger partial charge >= 0.3 is 6.09 Å². The molecule has 1 aromatic rings. The van der Waals surface area contributed by atoms with Crippen LogP contribution in [0, 0.1) is 5.92 Å². The van der Waals surface area contributed by atoms with Gasteiger partial charge in [0.1, 0.15) is 22.3 Å². The third-order valence-electron chi connectivity index (χ3n) is 3.44. The lowest BCUT2D eigenvalue weighted by Gasteiger charge is -2.24. The van der Waals surface area contributed by atoms with Gasteiger partial charge in [-0.1, -0.05) is 11.6 Å². The van der Waals surface area contributed by atoms with Crippen molar-refractivity contribution in [1.29, 1.82) is 0 Å². The molecular formula is C15H23ClN4O2. The van der Waals surface area contributed by atoms with Gasteiger partial charge in [0, 0.05) is 26.6 Å². The summed E-state index contributed by atoms with van der Waals surface area (Å²) in [5, 5.41) is 3.45. The molecule has 2 rings (SSSR count). The van der Waals surface area contributed by atoms with Crippen molar-refractivity contribution in [2.45, 2.75) is 39.2 Å². The van der Waals surface area contributed by atoms with Gasteiger partial charge in [0.05, 0.1) is 6.20 Å². The molecule has 0 unspecified atom stereocenters. The molecule has 1 aliphatic heterocycles. The van der Waals surface area contributed by atoms with E-state index in [2.05, 4.69) is 15.3 Å². The van der Waals surface area contributed by atoms with Crippen molar-refractivity contribution in [3.8, 4) is 0 Å². The molecule has 2 heterocycles. The summed E-state index contributed by atoms with van der Waals surface area (Å²) in [7, 11) is 1.78. The molecule has 0 saturated carbocycles. The minimum absolute atomic E-state index is 0.247. The van der Waals surface area contributed by atoms with E-state index in [1.54, 1.807) is 18.1 Å². The standard InChI is InChI=1S/C15H23ClN4O2/c1-15(2,3)22-14(21)20-6-5-10(9-20)7-12-18-8-11(16)13(17-4)19-12/h8,10H,5-7,9H2,1-4H3,(H,17,18,19)/t10-/m0/s1. The summed E-state index contributed by atoms with van der Waals surface area (Å²) in [6.45, 7) is 7.01. The van der Waals surface area contributed by atoms with Crippen molar-refractivity contribution in [1.82, 2.24) is 14.9 Å². The first-order chi connectivity index (χ1) is 10.3. The second-order valence-corrected chi connectivity index (χ2v) is 6.93. The van der Waals surface area contributed by atoms with Crippen LogP contribution in [0.3, 0.4) is 0 Å². The van der Waals surface area contributed by atoms with Crippen molar-refractivity contribution in [2.75, 3.05) is 25.5 Å². The maximum atomic E-state index is 12.0. The first-order valence-electron chi connectivity index (χ1n) is 7.45. The lowest BCUT2D eigenvalue weighted by Crippen LogP contribution is -2.35. The largest absolute Gasteiger partial charge is 0.444 e. The SMILES string of the molecule is CNc1nc(C[C@@H]2CCN(C(=O)OC(C)(C)C)C2)ncc1Cl. The number of rotatable bonds is 3. The minimum Gasteiger partial charge on any atom is -0.444 e. The fraction of sp³-hybridized carbons (Fsp3) is 0.667. The van der Waals surface area contributed by atoms with Crippen molar-refractivity contribution >= 4 is 23.5 Å². The number of hydrogen-bond donors (Lipinski definition) is 1. The minimum atomic E-state index is -0.462. The van der Waals surface area contributed by atoms with Crippen molar-refractivity contribution in [3.05, 3.63) is 17.0 Å². The Labute approximate surface area is 136 Å². The Bertz CT molecular complexity index is 545. The summed E-state index contributed by atoms with van der Waals surface area (Å²) in [5.41, 5.74) is -0.462. The zero-order chi connectivity index (χ0) is 16.3. The van der Waals surface area contributed by atoms with Crippen LogP contribution >= 0.6 is 11.6 Å². The van der Waals surface area contributed by atoms with Gasteiger partial charge in [-0.3, -0.25) is 0 Å². The fourth-order valence-corrected chi connectivity index (χ4v) is 2.61. The quantitative estimate of drug-likeness (QED) is 0.925. The van der Waals surface area contributed by atoms with Crippen LogP contribution in [0.5, 0.6) is 0 Å². The van der Waals surface area contributed by atoms with Crippen LogP contribution in [0.1, 0.15) is 33.0 Å². The number of nitrogens with zero attached hydrogens (tertiary/aromatic N) is 3. The third-order valence-corrected chi connectivity index (χ3v) is 3.72. The molecule has 1 N–H and O–H groups in total. The average molecular weight is 327 g/mol. The van der Waals surface area contributed by atoms with E-state index in [0.717, 1.165) is 18.7 Å². The Morgan fingerprint density at radius 2 is 2.27 bits per heavy atom. The number of nitrogens with one attached hydrogen (secondary N) is 1. The van der Waals surface area contributed by atoms with Gasteiger partial charge in [-0.25, -0.2) is 14.8 Å². The molecule has 1 aliphatic rings. The Hall–Kier alpha value is -1.56. The van der Waals surface area contributed by atoms with Crippen LogP contribution in [0.15, 0.2) is 6.20 Å². The van der Waals surface area contributed by atoms with Gasteiger partial charge in [0.25, 0.3) is 0 Å². The number of hydrogen-bond acceptors (Lipinski definition) is 5. The van der Waals surface area contributed by atoms with Crippen LogP contribution in [-0.4, -0.2) is 46.7 Å². The van der Waals surface area contributed by atoms with Crippen molar-refractivity contribution < 1.29 is 9.53 Å². The topological polar surface area (TPSA) is 67.4 Å². The molecule has 1 amide bonds. The Kier molecular flexibility index (Phi) is 5.11. The van der Waals surface area contributed by atoms with E-state index in [1.807, 2.05) is 20.8 Å². The van der Waals surface area contributed by atoms with Gasteiger partial charge in [-0.05, 0) is 33.1 Å². The van der Waals surface area contributed by atoms with E-state index in [0.29, 0.717) is 29.8 Å². The van der Waals surface area contributed by atoms with Gasteiger partial charge in [0.2, 0.25) is 0 Å². The van der Waals surface area contributed by atoms with Gasteiger partial charge < -0.3 is 15.0 Å². The molecule has 6 nitrogen and oxygen atoms in total. The number of ether oxygens (including phenoxy) is 1. The summed E-state index contributed by atoms with van der Waals surface area (Å²) >= 11 is 5.98. The van der Waals surface area contributed by atoms with Crippen LogP contribution < -0.4 is 5.32 Å². The Morgan fingerprint density at radius 1 is 1.55 bits per heavy atom. The van der Waals surface area contributed by atoms with E-state index in [-0.39, 0.29) is 6.09 Å². The molecule has 0 radical (unpaired) electrons. The van der Waals surface area contributed by atoms with E-state index in [9.17, 15) is 4.79 Å². The van der Waals surface area contributed by atoms with Crippen LogP contribution in [-0.2, 0) is 11.2 Å². The first kappa shape index (κ1) is 16.8. The fourth-order valence-electron chi connectivity index (χ4n) is 2.43. The number of carbonyl (C=O) groups excluding carboxylic acids is 1. The normalized spacial score (nSPS) is 18.4. The molecule has 0 aromatic carbocycles. The summed E-state index contributed by atoms with van der Waals surface area (Å²) in [4.78, 5) is 22.5. The Morgan fingerprint density at radius 3 is 2.91 bits per heavy atom.